The first kappa shape index (κ1) is 15.3. The number of rotatable bonds is 3. The summed E-state index contributed by atoms with van der Waals surface area (Å²) in [6, 6.07) is -0.390. The Balaban J connectivity index is 2.36. The number of nitrogens with one attached hydrogen (secondary N) is 1. The van der Waals surface area contributed by atoms with E-state index >= 15 is 0 Å². The third-order valence-corrected chi connectivity index (χ3v) is 3.22. The molecule has 21 heavy (non-hydrogen) atoms. The lowest BCUT2D eigenvalue weighted by Crippen LogP contribution is -2.50. The van der Waals surface area contributed by atoms with Crippen molar-refractivity contribution in [3.8, 4) is 0 Å². The van der Waals surface area contributed by atoms with Gasteiger partial charge in [0.2, 0.25) is 5.91 Å². The second-order valence-corrected chi connectivity index (χ2v) is 6.19. The van der Waals surface area contributed by atoms with Gasteiger partial charge in [0.25, 0.3) is 0 Å². The molecule has 0 aliphatic carbocycles. The lowest BCUT2D eigenvalue weighted by Gasteiger charge is -2.26. The van der Waals surface area contributed by atoms with E-state index < -0.39 is 0 Å². The maximum Gasteiger partial charge on any atom is 0.329 e. The van der Waals surface area contributed by atoms with Crippen molar-refractivity contribution in [2.75, 3.05) is 11.4 Å². The van der Waals surface area contributed by atoms with Gasteiger partial charge in [-0.2, -0.15) is 0 Å². The maximum atomic E-state index is 12.0. The number of hydrogen-bond acceptors (Lipinski definition) is 3. The van der Waals surface area contributed by atoms with E-state index in [2.05, 4.69) is 37.1 Å². The molecule has 0 unspecified atom stereocenters. The van der Waals surface area contributed by atoms with Gasteiger partial charge in [-0.3, -0.25) is 19.6 Å². The van der Waals surface area contributed by atoms with Crippen LogP contribution in [-0.2, 0) is 11.2 Å². The summed E-state index contributed by atoms with van der Waals surface area (Å²) >= 11 is 0. The van der Waals surface area contributed by atoms with Crippen LogP contribution in [0.5, 0.6) is 0 Å². The molecule has 1 N–H and O–H groups in total. The molecule has 0 bridgehead atoms. The minimum atomic E-state index is -0.390. The molecule has 1 aliphatic heterocycles. The molecule has 1 aromatic heterocycles. The molecule has 2 rings (SSSR count). The molecule has 0 aromatic carbocycles. The number of nitrogens with zero attached hydrogens (tertiary/aromatic N) is 3. The van der Waals surface area contributed by atoms with E-state index in [1.54, 1.807) is 11.1 Å². The van der Waals surface area contributed by atoms with Crippen molar-refractivity contribution in [2.24, 2.45) is 5.41 Å². The second kappa shape index (κ2) is 5.71. The number of aryl methyl sites for hydroxylation is 1. The number of carbonyl (C=O) groups excluding carboxylic acids is 2. The monoisotopic (exact) mass is 290 g/mol. The first-order valence-electron chi connectivity index (χ1n) is 7.18. The van der Waals surface area contributed by atoms with Crippen LogP contribution in [-0.4, -0.2) is 28.0 Å². The average molecular weight is 290 g/mol. The molecule has 6 heteroatoms. The minimum absolute atomic E-state index is 0.0344. The highest BCUT2D eigenvalue weighted by atomic mass is 16.2. The van der Waals surface area contributed by atoms with E-state index in [4.69, 9.17) is 0 Å². The minimum Gasteiger partial charge on any atom is -0.290 e. The number of allylic oxidation sites excluding steroid dienone is 1. The van der Waals surface area contributed by atoms with Gasteiger partial charge in [0.15, 0.2) is 0 Å². The van der Waals surface area contributed by atoms with Crippen LogP contribution >= 0.6 is 0 Å². The quantitative estimate of drug-likeness (QED) is 0.929. The van der Waals surface area contributed by atoms with Gasteiger partial charge in [0.1, 0.15) is 11.6 Å². The molecule has 1 saturated heterocycles. The molecular weight excluding hydrogens is 268 g/mol. The Labute approximate surface area is 124 Å². The first-order chi connectivity index (χ1) is 9.81. The van der Waals surface area contributed by atoms with E-state index in [0.717, 1.165) is 12.2 Å². The van der Waals surface area contributed by atoms with Crippen LogP contribution in [0, 0.1) is 5.41 Å². The second-order valence-electron chi connectivity index (χ2n) is 6.19. The summed E-state index contributed by atoms with van der Waals surface area (Å²) in [5, 5.41) is 2.34. The largest absolute Gasteiger partial charge is 0.329 e. The first-order valence-corrected chi connectivity index (χ1v) is 7.18. The Morgan fingerprint density at radius 1 is 1.38 bits per heavy atom. The fourth-order valence-electron chi connectivity index (χ4n) is 2.09. The van der Waals surface area contributed by atoms with E-state index in [0.29, 0.717) is 18.8 Å². The molecule has 3 amide bonds. The van der Waals surface area contributed by atoms with Crippen LogP contribution in [0.3, 0.4) is 0 Å². The van der Waals surface area contributed by atoms with Crippen molar-refractivity contribution in [1.82, 2.24) is 14.9 Å². The maximum absolute atomic E-state index is 12.0. The molecule has 0 spiro atoms. The zero-order valence-corrected chi connectivity index (χ0v) is 13.0. The van der Waals surface area contributed by atoms with Gasteiger partial charge in [0, 0.05) is 25.6 Å². The van der Waals surface area contributed by atoms with Gasteiger partial charge in [0.05, 0.1) is 6.20 Å². The number of imide groups is 1. The van der Waals surface area contributed by atoms with E-state index in [9.17, 15) is 9.59 Å². The van der Waals surface area contributed by atoms with Crippen molar-refractivity contribution in [1.29, 1.82) is 0 Å². The summed E-state index contributed by atoms with van der Waals surface area (Å²) < 4.78 is 1.92. The molecule has 6 nitrogen and oxygen atoms in total. The number of carbonyl (C=O) groups is 2. The highest BCUT2D eigenvalue weighted by Gasteiger charge is 2.27. The number of amides is 3. The smallest absolute Gasteiger partial charge is 0.290 e. The van der Waals surface area contributed by atoms with Crippen molar-refractivity contribution >= 4 is 24.0 Å². The SMILES string of the molecule is CCc1ncc(N2CCC(=O)NC2=O)n1/C=C\C(C)(C)C. The third-order valence-electron chi connectivity index (χ3n) is 3.22. The van der Waals surface area contributed by atoms with E-state index in [1.165, 1.54) is 0 Å². The van der Waals surface area contributed by atoms with Crippen molar-refractivity contribution in [3.63, 3.8) is 0 Å². The van der Waals surface area contributed by atoms with Crippen LogP contribution in [0.15, 0.2) is 12.3 Å². The van der Waals surface area contributed by atoms with Crippen molar-refractivity contribution in [2.45, 2.75) is 40.5 Å². The van der Waals surface area contributed by atoms with Gasteiger partial charge in [-0.25, -0.2) is 9.78 Å². The van der Waals surface area contributed by atoms with E-state index in [1.807, 2.05) is 17.7 Å². The molecule has 1 aromatic rings. The number of urea groups is 1. The normalized spacial score (nSPS) is 16.7. The fourth-order valence-corrected chi connectivity index (χ4v) is 2.09. The molecule has 1 aliphatic rings. The van der Waals surface area contributed by atoms with Crippen LogP contribution < -0.4 is 10.2 Å². The predicted octanol–water partition coefficient (Wildman–Crippen LogP) is 2.41. The van der Waals surface area contributed by atoms with Crippen LogP contribution in [0.2, 0.25) is 0 Å². The summed E-state index contributed by atoms with van der Waals surface area (Å²) in [4.78, 5) is 29.2. The highest BCUT2D eigenvalue weighted by Crippen LogP contribution is 2.22. The highest BCUT2D eigenvalue weighted by molar-refractivity contribution is 6.05. The van der Waals surface area contributed by atoms with Gasteiger partial charge >= 0.3 is 6.03 Å². The van der Waals surface area contributed by atoms with Crippen LogP contribution in [0.25, 0.3) is 6.20 Å². The zero-order chi connectivity index (χ0) is 15.6. The molecule has 0 radical (unpaired) electrons. The number of aromatic nitrogens is 2. The Morgan fingerprint density at radius 2 is 2.10 bits per heavy atom. The van der Waals surface area contributed by atoms with Gasteiger partial charge in [-0.1, -0.05) is 33.8 Å². The Morgan fingerprint density at radius 3 is 2.67 bits per heavy atom. The Kier molecular flexibility index (Phi) is 4.16. The molecule has 2 heterocycles. The fraction of sp³-hybridized carbons (Fsp3) is 0.533. The third kappa shape index (κ3) is 3.51. The summed E-state index contributed by atoms with van der Waals surface area (Å²) in [5.41, 5.74) is 0.0344. The predicted molar refractivity (Wildman–Crippen MR) is 81.9 cm³/mol. The lowest BCUT2D eigenvalue weighted by molar-refractivity contribution is -0.120. The zero-order valence-electron chi connectivity index (χ0n) is 13.0. The van der Waals surface area contributed by atoms with Crippen LogP contribution in [0.1, 0.15) is 39.9 Å². The Hall–Kier alpha value is -2.11. The summed E-state index contributed by atoms with van der Waals surface area (Å²) in [5.74, 6) is 1.34. The summed E-state index contributed by atoms with van der Waals surface area (Å²) in [7, 11) is 0. The summed E-state index contributed by atoms with van der Waals surface area (Å²) in [6.45, 7) is 8.73. The van der Waals surface area contributed by atoms with Gasteiger partial charge < -0.3 is 0 Å². The molecule has 1 fully saturated rings. The average Bonchev–Trinajstić information content (AvgIpc) is 2.78. The summed E-state index contributed by atoms with van der Waals surface area (Å²) in [6.07, 6.45) is 6.78. The van der Waals surface area contributed by atoms with Gasteiger partial charge in [-0.15, -0.1) is 0 Å². The molecular formula is C15H22N4O2. The topological polar surface area (TPSA) is 67.2 Å². The lowest BCUT2D eigenvalue weighted by atomic mass is 9.97. The Bertz CT molecular complexity index is 581. The molecule has 114 valence electrons. The van der Waals surface area contributed by atoms with E-state index in [-0.39, 0.29) is 17.4 Å². The molecule has 0 atom stereocenters. The molecule has 0 saturated carbocycles. The number of anilines is 1. The van der Waals surface area contributed by atoms with Crippen LogP contribution in [0.4, 0.5) is 10.6 Å². The van der Waals surface area contributed by atoms with Crippen molar-refractivity contribution in [3.05, 3.63) is 18.1 Å². The van der Waals surface area contributed by atoms with Gasteiger partial charge in [-0.05, 0) is 5.41 Å². The van der Waals surface area contributed by atoms with Crippen molar-refractivity contribution < 1.29 is 9.59 Å². The number of hydrogen-bond donors (Lipinski definition) is 1. The standard InChI is InChI=1S/C15H22N4O2/c1-5-11-16-10-13(18(11)9-7-15(2,3)4)19-8-6-12(20)17-14(19)21/h7,9-10H,5-6,8H2,1-4H3,(H,17,20,21)/b9-7-. The number of imidazole rings is 1.